The lowest BCUT2D eigenvalue weighted by molar-refractivity contribution is -0.396. The Balaban J connectivity index is 3.16. The first-order chi connectivity index (χ1) is 9.83. The fourth-order valence-electron chi connectivity index (χ4n) is 1.37. The second-order valence-electron chi connectivity index (χ2n) is 3.54. The van der Waals surface area contributed by atoms with E-state index in [1.165, 1.54) is 12.1 Å². The first kappa shape index (κ1) is 18.1. The highest BCUT2D eigenvalue weighted by Crippen LogP contribution is 2.73. The maximum absolute atomic E-state index is 11.1. The normalized spacial score (nSPS) is 11.4. The lowest BCUT2D eigenvalue weighted by Crippen LogP contribution is -1.99. The molecule has 0 aliphatic rings. The minimum Gasteiger partial charge on any atom is -0.479 e. The lowest BCUT2D eigenvalue weighted by atomic mass is 10.3. The summed E-state index contributed by atoms with van der Waals surface area (Å²) in [6.45, 7) is 4.10. The van der Waals surface area contributed by atoms with E-state index in [9.17, 15) is 20.2 Å². The van der Waals surface area contributed by atoms with E-state index >= 15 is 0 Å². The van der Waals surface area contributed by atoms with Crippen molar-refractivity contribution in [2.75, 3.05) is 13.2 Å². The number of nitrogens with zero attached hydrogens (tertiary/aromatic N) is 2. The summed E-state index contributed by atoms with van der Waals surface area (Å²) in [6.07, 6.45) is -2.77. The zero-order chi connectivity index (χ0) is 16.0. The molecule has 1 aromatic rings. The number of nitro benzene ring substituents is 2. The van der Waals surface area contributed by atoms with Crippen molar-refractivity contribution in [3.63, 3.8) is 0 Å². The van der Waals surface area contributed by atoms with Crippen LogP contribution in [0.15, 0.2) is 23.1 Å². The minimum absolute atomic E-state index is 0.191. The first-order valence-electron chi connectivity index (χ1n) is 5.84. The Morgan fingerprint density at radius 3 is 2.19 bits per heavy atom. The quantitative estimate of drug-likeness (QED) is 0.300. The molecule has 0 radical (unpaired) electrons. The molecule has 21 heavy (non-hydrogen) atoms. The summed E-state index contributed by atoms with van der Waals surface area (Å²) in [5.74, 6) is 0. The van der Waals surface area contributed by atoms with Crippen LogP contribution in [0, 0.1) is 20.2 Å². The van der Waals surface area contributed by atoms with Gasteiger partial charge in [0.25, 0.3) is 11.4 Å². The molecule has 0 saturated carbocycles. The van der Waals surface area contributed by atoms with E-state index in [2.05, 4.69) is 0 Å². The van der Waals surface area contributed by atoms with E-state index in [1.807, 2.05) is 0 Å². The molecule has 0 spiro atoms. The second kappa shape index (κ2) is 7.90. The van der Waals surface area contributed by atoms with E-state index in [-0.39, 0.29) is 16.3 Å². The van der Waals surface area contributed by atoms with Crippen molar-refractivity contribution >= 4 is 41.1 Å². The predicted octanol–water partition coefficient (Wildman–Crippen LogP) is 3.89. The van der Waals surface area contributed by atoms with Crippen molar-refractivity contribution in [1.29, 1.82) is 0 Å². The molecule has 0 heterocycles. The Morgan fingerprint density at radius 1 is 1.19 bits per heavy atom. The van der Waals surface area contributed by atoms with Gasteiger partial charge in [0.1, 0.15) is 16.3 Å². The van der Waals surface area contributed by atoms with E-state index in [0.29, 0.717) is 13.2 Å². The number of rotatable bonds is 8. The summed E-state index contributed by atoms with van der Waals surface area (Å²) in [5.41, 5.74) is -0.741. The van der Waals surface area contributed by atoms with Gasteiger partial charge in [-0.15, -0.1) is 0 Å². The summed E-state index contributed by atoms with van der Waals surface area (Å²) in [7, 11) is 0. The van der Waals surface area contributed by atoms with E-state index < -0.39 is 16.0 Å². The molecule has 1 rings (SSSR count). The van der Waals surface area contributed by atoms with Crippen molar-refractivity contribution < 1.29 is 18.9 Å². The molecule has 116 valence electrons. The maximum Gasteiger partial charge on any atom is 0.293 e. The van der Waals surface area contributed by atoms with Crippen LogP contribution in [0.25, 0.3) is 0 Å². The molecule has 0 N–H and O–H groups in total. The number of benzene rings is 1. The van der Waals surface area contributed by atoms with Gasteiger partial charge in [0.05, 0.1) is 29.1 Å². The number of non-ortho nitro benzene ring substituents is 1. The van der Waals surface area contributed by atoms with Gasteiger partial charge in [-0.1, -0.05) is 0 Å². The third-order valence-electron chi connectivity index (χ3n) is 2.13. The van der Waals surface area contributed by atoms with Crippen molar-refractivity contribution in [2.45, 2.75) is 18.7 Å². The van der Waals surface area contributed by atoms with Crippen LogP contribution in [-0.2, 0) is 21.3 Å². The Labute approximate surface area is 130 Å². The van der Waals surface area contributed by atoms with Crippen molar-refractivity contribution in [3.8, 4) is 0 Å². The third-order valence-corrected chi connectivity index (χ3v) is 7.25. The zero-order valence-corrected chi connectivity index (χ0v) is 13.8. The van der Waals surface area contributed by atoms with Gasteiger partial charge in [-0.05, 0) is 19.9 Å². The van der Waals surface area contributed by atoms with Crippen LogP contribution >= 0.6 is 17.5 Å². The number of nitro groups is 2. The molecule has 0 amide bonds. The Morgan fingerprint density at radius 2 is 1.76 bits per heavy atom. The smallest absolute Gasteiger partial charge is 0.293 e. The largest absolute Gasteiger partial charge is 0.479 e. The molecule has 0 aliphatic carbocycles. The molecule has 8 nitrogen and oxygen atoms in total. The molecule has 0 bridgehead atoms. The molecule has 11 heteroatoms. The predicted molar refractivity (Wildman–Crippen MR) is 83.1 cm³/mol. The van der Waals surface area contributed by atoms with Crippen LogP contribution in [0.4, 0.5) is 11.4 Å². The highest BCUT2D eigenvalue weighted by atomic mass is 33.1. The van der Waals surface area contributed by atoms with Crippen molar-refractivity contribution in [2.24, 2.45) is 0 Å². The summed E-state index contributed by atoms with van der Waals surface area (Å²) < 4.78 is 10.8. The molecule has 0 saturated heterocycles. The van der Waals surface area contributed by atoms with Gasteiger partial charge in [0.2, 0.25) is 6.12 Å². The van der Waals surface area contributed by atoms with Gasteiger partial charge < -0.3 is 12.2 Å². The Kier molecular flexibility index (Phi) is 6.82. The molecule has 0 unspecified atom stereocenters. The maximum atomic E-state index is 11.1. The molecule has 0 fully saturated rings. The van der Waals surface area contributed by atoms with Crippen LogP contribution in [0.3, 0.4) is 0 Å². The highest BCUT2D eigenvalue weighted by Gasteiger charge is 2.34. The second-order valence-corrected chi connectivity index (χ2v) is 9.70. The summed E-state index contributed by atoms with van der Waals surface area (Å²) in [5, 5.41) is 21.8. The van der Waals surface area contributed by atoms with Gasteiger partial charge >= 0.3 is 0 Å². The Hall–Kier alpha value is -0.930. The molecule has 1 aromatic carbocycles. The topological polar surface area (TPSA) is 105 Å². The van der Waals surface area contributed by atoms with Gasteiger partial charge in [0, 0.05) is 6.07 Å². The van der Waals surface area contributed by atoms with Gasteiger partial charge in [-0.2, -0.15) is 0 Å². The fraction of sp³-hybridized carbons (Fsp3) is 0.400. The van der Waals surface area contributed by atoms with E-state index in [0.717, 1.165) is 17.4 Å². The molecule has 0 atom stereocenters. The van der Waals surface area contributed by atoms with Gasteiger partial charge in [-0.25, -0.2) is 9.05 Å². The summed E-state index contributed by atoms with van der Waals surface area (Å²) in [6, 6.07) is 3.38. The minimum atomic E-state index is -2.77. The standard InChI is InChI=1S/C10H13N2O6PS2/c1-3-17-19(20,18-4-2)21-10-6-5-8(11(13)14)7-9(10)12(15)16/h5-7H,3-4H2,1-2H3. The molecule has 0 aliphatic heterocycles. The van der Waals surface area contributed by atoms with Crippen LogP contribution in [0.2, 0.25) is 0 Å². The van der Waals surface area contributed by atoms with Gasteiger partial charge in [0.15, 0.2) is 0 Å². The van der Waals surface area contributed by atoms with Crippen molar-refractivity contribution in [1.82, 2.24) is 0 Å². The molecule has 0 aromatic heterocycles. The van der Waals surface area contributed by atoms with Crippen molar-refractivity contribution in [3.05, 3.63) is 38.4 Å². The SMILES string of the molecule is CCO[P+]([S-])(OCC)Sc1ccc([N+](=O)[O-])cc1[N+](=O)[O-]. The third kappa shape index (κ3) is 5.08. The molecular weight excluding hydrogens is 339 g/mol. The lowest BCUT2D eigenvalue weighted by Gasteiger charge is -2.25. The monoisotopic (exact) mass is 352 g/mol. The Bertz CT molecular complexity index is 538. The van der Waals surface area contributed by atoms with Crippen LogP contribution in [0.1, 0.15) is 13.8 Å². The first-order valence-corrected chi connectivity index (χ1v) is 9.90. The fourth-order valence-corrected chi connectivity index (χ4v) is 6.26. The summed E-state index contributed by atoms with van der Waals surface area (Å²) in [4.78, 5) is 20.6. The number of hydrogen-bond donors (Lipinski definition) is 0. The summed E-state index contributed by atoms with van der Waals surface area (Å²) >= 11 is 6.22. The zero-order valence-electron chi connectivity index (χ0n) is 11.3. The van der Waals surface area contributed by atoms with Crippen LogP contribution in [-0.4, -0.2) is 23.1 Å². The number of hydrogen-bond acceptors (Lipinski definition) is 8. The average molecular weight is 352 g/mol. The van der Waals surface area contributed by atoms with Crippen LogP contribution < -0.4 is 0 Å². The molecular formula is C10H13N2O6PS2. The van der Waals surface area contributed by atoms with E-state index in [4.69, 9.17) is 21.3 Å². The van der Waals surface area contributed by atoms with E-state index in [1.54, 1.807) is 13.8 Å². The highest BCUT2D eigenvalue weighted by molar-refractivity contribution is 8.82. The van der Waals surface area contributed by atoms with Crippen LogP contribution in [0.5, 0.6) is 0 Å². The average Bonchev–Trinajstić information content (AvgIpc) is 2.38. The van der Waals surface area contributed by atoms with Gasteiger partial charge in [-0.3, -0.25) is 20.2 Å².